The molecule has 0 saturated heterocycles. The number of rotatable bonds is 4. The Morgan fingerprint density at radius 1 is 0.889 bits per heavy atom. The Morgan fingerprint density at radius 3 is 2.33 bits per heavy atom. The predicted octanol–water partition coefficient (Wildman–Crippen LogP) is 5.40. The fourth-order valence-electron chi connectivity index (χ4n) is 3.00. The Balaban J connectivity index is 1.76. The number of carbonyl (C=O) groups excluding carboxylic acids is 1. The van der Waals surface area contributed by atoms with E-state index in [9.17, 15) is 4.79 Å². The van der Waals surface area contributed by atoms with Gasteiger partial charge in [0.2, 0.25) is 0 Å². The number of ether oxygens (including phenoxy) is 2. The Morgan fingerprint density at radius 2 is 1.59 bits per heavy atom. The summed E-state index contributed by atoms with van der Waals surface area (Å²) in [4.78, 5) is 12.7. The average Bonchev–Trinajstić information content (AvgIpc) is 2.74. The molecule has 0 saturated carbocycles. The Hall–Kier alpha value is -3.59. The van der Waals surface area contributed by atoms with E-state index in [1.165, 1.54) is 0 Å². The van der Waals surface area contributed by atoms with Gasteiger partial charge in [0.15, 0.2) is 5.78 Å². The minimum atomic E-state index is -0.0346. The van der Waals surface area contributed by atoms with Crippen molar-refractivity contribution in [3.05, 3.63) is 108 Å². The SMILES string of the molecule is COc1ccc(C2=C/C(=C\C(=O)c3ccccc3)c3ccccc3O2)cc1. The molecule has 0 radical (unpaired) electrons. The van der Waals surface area contributed by atoms with Gasteiger partial charge in [-0.3, -0.25) is 4.79 Å². The zero-order chi connectivity index (χ0) is 18.6. The van der Waals surface area contributed by atoms with E-state index < -0.39 is 0 Å². The van der Waals surface area contributed by atoms with E-state index >= 15 is 0 Å². The van der Waals surface area contributed by atoms with Crippen LogP contribution in [0.5, 0.6) is 11.5 Å². The zero-order valence-electron chi connectivity index (χ0n) is 14.9. The van der Waals surface area contributed by atoms with Gasteiger partial charge in [-0.15, -0.1) is 0 Å². The van der Waals surface area contributed by atoms with E-state index in [0.717, 1.165) is 28.2 Å². The van der Waals surface area contributed by atoms with Crippen LogP contribution in [0.3, 0.4) is 0 Å². The summed E-state index contributed by atoms with van der Waals surface area (Å²) in [5, 5.41) is 0. The zero-order valence-corrected chi connectivity index (χ0v) is 14.9. The van der Waals surface area contributed by atoms with Gasteiger partial charge in [0.25, 0.3) is 0 Å². The highest BCUT2D eigenvalue weighted by atomic mass is 16.5. The summed E-state index contributed by atoms with van der Waals surface area (Å²) in [5.41, 5.74) is 3.31. The molecule has 4 rings (SSSR count). The first kappa shape index (κ1) is 16.9. The van der Waals surface area contributed by atoms with Crippen molar-refractivity contribution in [2.45, 2.75) is 0 Å². The molecule has 1 aliphatic rings. The lowest BCUT2D eigenvalue weighted by atomic mass is 9.97. The quantitative estimate of drug-likeness (QED) is 0.465. The molecule has 3 aromatic rings. The van der Waals surface area contributed by atoms with Gasteiger partial charge in [-0.05, 0) is 48.1 Å². The van der Waals surface area contributed by atoms with Gasteiger partial charge in [-0.2, -0.15) is 0 Å². The Labute approximate surface area is 158 Å². The number of hydrogen-bond donors (Lipinski definition) is 0. The van der Waals surface area contributed by atoms with E-state index in [0.29, 0.717) is 11.3 Å². The summed E-state index contributed by atoms with van der Waals surface area (Å²) in [6, 6.07) is 24.6. The summed E-state index contributed by atoms with van der Waals surface area (Å²) in [5.74, 6) is 2.18. The summed E-state index contributed by atoms with van der Waals surface area (Å²) in [6.45, 7) is 0. The third kappa shape index (κ3) is 3.53. The molecule has 0 unspecified atom stereocenters. The minimum absolute atomic E-state index is 0.0346. The lowest BCUT2D eigenvalue weighted by Gasteiger charge is -2.20. The molecule has 0 atom stereocenters. The number of methoxy groups -OCH3 is 1. The van der Waals surface area contributed by atoms with E-state index in [2.05, 4.69) is 0 Å². The smallest absolute Gasteiger partial charge is 0.186 e. The topological polar surface area (TPSA) is 35.5 Å². The minimum Gasteiger partial charge on any atom is -0.497 e. The summed E-state index contributed by atoms with van der Waals surface area (Å²) in [7, 11) is 1.64. The first-order valence-electron chi connectivity index (χ1n) is 8.69. The molecule has 132 valence electrons. The van der Waals surface area contributed by atoms with Crippen molar-refractivity contribution >= 4 is 17.1 Å². The normalized spacial score (nSPS) is 14.1. The third-order valence-corrected chi connectivity index (χ3v) is 4.42. The molecule has 0 N–H and O–H groups in total. The molecule has 27 heavy (non-hydrogen) atoms. The average molecular weight is 354 g/mol. The number of carbonyl (C=O) groups is 1. The maximum Gasteiger partial charge on any atom is 0.186 e. The third-order valence-electron chi connectivity index (χ3n) is 4.42. The fraction of sp³-hybridized carbons (Fsp3) is 0.0417. The first-order chi connectivity index (χ1) is 13.2. The number of ketones is 1. The highest BCUT2D eigenvalue weighted by Gasteiger charge is 2.18. The molecule has 3 aromatic carbocycles. The van der Waals surface area contributed by atoms with Gasteiger partial charge in [-0.1, -0.05) is 48.5 Å². The largest absolute Gasteiger partial charge is 0.497 e. The monoisotopic (exact) mass is 354 g/mol. The molecule has 1 heterocycles. The van der Waals surface area contributed by atoms with Gasteiger partial charge in [0.1, 0.15) is 17.3 Å². The van der Waals surface area contributed by atoms with E-state index in [4.69, 9.17) is 9.47 Å². The molecular weight excluding hydrogens is 336 g/mol. The molecular formula is C24H18O3. The Kier molecular flexibility index (Phi) is 4.58. The fourth-order valence-corrected chi connectivity index (χ4v) is 3.00. The van der Waals surface area contributed by atoms with Crippen molar-refractivity contribution in [1.29, 1.82) is 0 Å². The van der Waals surface area contributed by atoms with Crippen molar-refractivity contribution in [3.8, 4) is 11.5 Å². The second kappa shape index (κ2) is 7.34. The van der Waals surface area contributed by atoms with Crippen LogP contribution in [0, 0.1) is 0 Å². The van der Waals surface area contributed by atoms with Crippen LogP contribution in [0.2, 0.25) is 0 Å². The van der Waals surface area contributed by atoms with Crippen LogP contribution in [0.1, 0.15) is 21.5 Å². The molecule has 0 bridgehead atoms. The summed E-state index contributed by atoms with van der Waals surface area (Å²) in [6.07, 6.45) is 3.57. The van der Waals surface area contributed by atoms with E-state index in [1.54, 1.807) is 13.2 Å². The predicted molar refractivity (Wildman–Crippen MR) is 107 cm³/mol. The van der Waals surface area contributed by atoms with Gasteiger partial charge >= 0.3 is 0 Å². The van der Waals surface area contributed by atoms with Crippen LogP contribution >= 0.6 is 0 Å². The lowest BCUT2D eigenvalue weighted by molar-refractivity contribution is 0.104. The number of fused-ring (bicyclic) bond motifs is 1. The van der Waals surface area contributed by atoms with Crippen LogP contribution in [-0.4, -0.2) is 12.9 Å². The van der Waals surface area contributed by atoms with Gasteiger partial charge in [-0.25, -0.2) is 0 Å². The Bertz CT molecular complexity index is 1030. The number of para-hydroxylation sites is 1. The molecule has 0 aromatic heterocycles. The molecule has 3 heteroatoms. The second-order valence-corrected chi connectivity index (χ2v) is 6.17. The van der Waals surface area contributed by atoms with Crippen LogP contribution in [0.4, 0.5) is 0 Å². The maximum atomic E-state index is 12.7. The van der Waals surface area contributed by atoms with Gasteiger partial charge < -0.3 is 9.47 Å². The highest BCUT2D eigenvalue weighted by Crippen LogP contribution is 2.37. The summed E-state index contributed by atoms with van der Waals surface area (Å²) < 4.78 is 11.3. The molecule has 0 fully saturated rings. The van der Waals surface area contributed by atoms with Crippen LogP contribution in [0.25, 0.3) is 11.3 Å². The maximum absolute atomic E-state index is 12.7. The second-order valence-electron chi connectivity index (χ2n) is 6.17. The van der Waals surface area contributed by atoms with Gasteiger partial charge in [0.05, 0.1) is 7.11 Å². The van der Waals surface area contributed by atoms with Crippen molar-refractivity contribution < 1.29 is 14.3 Å². The molecule has 0 amide bonds. The molecule has 1 aliphatic heterocycles. The molecule has 0 aliphatic carbocycles. The van der Waals surface area contributed by atoms with Gasteiger partial charge in [0, 0.05) is 16.7 Å². The molecule has 0 spiro atoms. The number of allylic oxidation sites excluding steroid dienone is 3. The lowest BCUT2D eigenvalue weighted by Crippen LogP contribution is -2.05. The highest BCUT2D eigenvalue weighted by molar-refractivity contribution is 6.10. The van der Waals surface area contributed by atoms with Crippen molar-refractivity contribution in [2.24, 2.45) is 0 Å². The van der Waals surface area contributed by atoms with E-state index in [-0.39, 0.29) is 5.78 Å². The first-order valence-corrected chi connectivity index (χ1v) is 8.69. The van der Waals surface area contributed by atoms with Crippen LogP contribution < -0.4 is 9.47 Å². The number of hydrogen-bond acceptors (Lipinski definition) is 3. The van der Waals surface area contributed by atoms with Crippen LogP contribution in [0.15, 0.2) is 91.0 Å². The van der Waals surface area contributed by atoms with E-state index in [1.807, 2.05) is 84.9 Å². The van der Waals surface area contributed by atoms with Crippen LogP contribution in [-0.2, 0) is 0 Å². The van der Waals surface area contributed by atoms with Crippen molar-refractivity contribution in [1.82, 2.24) is 0 Å². The molecule has 3 nitrogen and oxygen atoms in total. The summed E-state index contributed by atoms with van der Waals surface area (Å²) >= 11 is 0. The van der Waals surface area contributed by atoms with Crippen molar-refractivity contribution in [3.63, 3.8) is 0 Å². The number of benzene rings is 3. The standard InChI is InChI=1S/C24H18O3/c1-26-20-13-11-18(12-14-20)24-16-19(21-9-5-6-10-23(21)27-24)15-22(25)17-7-3-2-4-8-17/h2-16H,1H3/b19-15+. The van der Waals surface area contributed by atoms with Crippen molar-refractivity contribution in [2.75, 3.05) is 7.11 Å².